The van der Waals surface area contributed by atoms with Crippen LogP contribution in [0.4, 0.5) is 5.69 Å². The number of nitrogens with two attached hydrogens (primary N) is 1. The van der Waals surface area contributed by atoms with Gasteiger partial charge in [-0.05, 0) is 25.4 Å². The second kappa shape index (κ2) is 4.80. The highest BCUT2D eigenvalue weighted by Gasteiger charge is 2.30. The predicted octanol–water partition coefficient (Wildman–Crippen LogP) is 1.15. The summed E-state index contributed by atoms with van der Waals surface area (Å²) in [4.78, 5) is 41.1. The van der Waals surface area contributed by atoms with Crippen LogP contribution in [0.3, 0.4) is 0 Å². The van der Waals surface area contributed by atoms with Gasteiger partial charge in [0.05, 0.1) is 27.5 Å². The van der Waals surface area contributed by atoms with Crippen LogP contribution in [0.2, 0.25) is 0 Å². The molecule has 2 N–H and O–H groups in total. The Morgan fingerprint density at radius 1 is 1.57 bits per heavy atom. The molecule has 0 spiro atoms. The zero-order valence-electron chi connectivity index (χ0n) is 16.0. The molecule has 6 heteroatoms. The van der Waals surface area contributed by atoms with Gasteiger partial charge in [-0.25, -0.2) is 4.98 Å². The highest BCUT2D eigenvalue weighted by atomic mass is 16.2. The second-order valence-corrected chi connectivity index (χ2v) is 4.68. The Morgan fingerprint density at radius 3 is 3.14 bits per heavy atom. The molecule has 1 heterocycles. The summed E-state index contributed by atoms with van der Waals surface area (Å²) in [6, 6.07) is -1.74. The molecular formula is C15H15N3O3. The number of nitrogen functional groups attached to an aromatic ring is 1. The Balaban J connectivity index is 2.40. The van der Waals surface area contributed by atoms with Gasteiger partial charge in [-0.2, -0.15) is 0 Å². The molecule has 2 atom stereocenters. The van der Waals surface area contributed by atoms with Crippen molar-refractivity contribution in [3.8, 4) is 0 Å². The van der Waals surface area contributed by atoms with Crippen molar-refractivity contribution >= 4 is 28.2 Å². The normalized spacial score (nSPS) is 29.5. The SMILES string of the molecule is [2H]Cc1nc2c([2H])c([2H])cc(N)c2c(=O)n1C1([2H])CC([2H])C(=O)CC1=O. The topological polar surface area (TPSA) is 95.0 Å². The highest BCUT2D eigenvalue weighted by molar-refractivity contribution is 6.03. The van der Waals surface area contributed by atoms with E-state index in [2.05, 4.69) is 4.98 Å². The molecule has 0 radical (unpaired) electrons. The molecule has 1 fully saturated rings. The number of carbonyl (C=O) groups excluding carboxylic acids is 2. The summed E-state index contributed by atoms with van der Waals surface area (Å²) in [5.41, 5.74) is 4.60. The maximum absolute atomic E-state index is 13.0. The first-order valence-corrected chi connectivity index (χ1v) is 6.21. The number of fused-ring (bicyclic) bond motifs is 1. The van der Waals surface area contributed by atoms with Gasteiger partial charge in [-0.1, -0.05) is 6.04 Å². The molecule has 1 aliphatic carbocycles. The number of nitrogens with zero attached hydrogens (tertiary/aromatic N) is 2. The quantitative estimate of drug-likeness (QED) is 0.628. The van der Waals surface area contributed by atoms with Crippen molar-refractivity contribution in [2.24, 2.45) is 0 Å². The number of Topliss-reactive ketones (excluding diaryl/α,β-unsaturated/α-hetero) is 2. The average molecular weight is 290 g/mol. The summed E-state index contributed by atoms with van der Waals surface area (Å²) >= 11 is 0. The van der Waals surface area contributed by atoms with E-state index in [4.69, 9.17) is 12.6 Å². The number of benzene rings is 1. The van der Waals surface area contributed by atoms with Gasteiger partial charge in [0.2, 0.25) is 0 Å². The van der Waals surface area contributed by atoms with Crippen molar-refractivity contribution in [2.45, 2.75) is 32.2 Å². The first-order chi connectivity index (χ1) is 12.1. The molecule has 1 saturated carbocycles. The monoisotopic (exact) mass is 290 g/mol. The first-order valence-electron chi connectivity index (χ1n) is 8.99. The van der Waals surface area contributed by atoms with Crippen molar-refractivity contribution in [1.82, 2.24) is 9.55 Å². The number of aromatic nitrogens is 2. The zero-order chi connectivity index (χ0) is 19.4. The van der Waals surface area contributed by atoms with Crippen molar-refractivity contribution in [1.29, 1.82) is 0 Å². The molecule has 108 valence electrons. The van der Waals surface area contributed by atoms with Gasteiger partial charge in [-0.15, -0.1) is 0 Å². The van der Waals surface area contributed by atoms with E-state index in [-0.39, 0.29) is 34.5 Å². The summed E-state index contributed by atoms with van der Waals surface area (Å²) in [6.45, 7) is -0.572. The van der Waals surface area contributed by atoms with Crippen LogP contribution in [0.25, 0.3) is 10.9 Å². The molecule has 1 aromatic carbocycles. The van der Waals surface area contributed by atoms with E-state index in [1.165, 1.54) is 0 Å². The van der Waals surface area contributed by atoms with E-state index >= 15 is 0 Å². The van der Waals surface area contributed by atoms with Crippen molar-refractivity contribution in [3.63, 3.8) is 0 Å². The lowest BCUT2D eigenvalue weighted by atomic mass is 9.92. The molecule has 1 aliphatic rings. The first kappa shape index (κ1) is 8.71. The zero-order valence-corrected chi connectivity index (χ0v) is 11.0. The Hall–Kier alpha value is -2.50. The standard InChI is InChI=1S/C15H15N3O3/c1-8-17-11-4-2-3-10(16)14(11)15(21)18(8)12-6-5-9(19)7-13(12)20/h2-4,12H,5-7,16H2,1H3/i1D,2D,4D,5D,12D. The van der Waals surface area contributed by atoms with E-state index in [0.717, 1.165) is 6.07 Å². The number of anilines is 1. The van der Waals surface area contributed by atoms with E-state index in [1.807, 2.05) is 0 Å². The van der Waals surface area contributed by atoms with Crippen LogP contribution in [-0.4, -0.2) is 21.1 Å². The molecule has 0 aliphatic heterocycles. The van der Waals surface area contributed by atoms with Gasteiger partial charge in [0.1, 0.15) is 11.6 Å². The number of aryl methyl sites for hydroxylation is 1. The molecule has 0 amide bonds. The molecule has 2 unspecified atom stereocenters. The van der Waals surface area contributed by atoms with Crippen molar-refractivity contribution in [3.05, 3.63) is 34.3 Å². The number of ketones is 2. The maximum Gasteiger partial charge on any atom is 0.264 e. The van der Waals surface area contributed by atoms with Gasteiger partial charge >= 0.3 is 0 Å². The van der Waals surface area contributed by atoms with Gasteiger partial charge in [-0.3, -0.25) is 19.0 Å². The second-order valence-electron chi connectivity index (χ2n) is 4.68. The highest BCUT2D eigenvalue weighted by Crippen LogP contribution is 2.24. The smallest absolute Gasteiger partial charge is 0.264 e. The molecule has 2 aromatic rings. The lowest BCUT2D eigenvalue weighted by Gasteiger charge is -2.24. The van der Waals surface area contributed by atoms with E-state index in [9.17, 15) is 14.4 Å². The lowest BCUT2D eigenvalue weighted by molar-refractivity contribution is -0.132. The van der Waals surface area contributed by atoms with Crippen molar-refractivity contribution in [2.75, 3.05) is 5.73 Å². The lowest BCUT2D eigenvalue weighted by Crippen LogP contribution is -2.36. The summed E-state index contributed by atoms with van der Waals surface area (Å²) in [5, 5.41) is -0.221. The molecule has 6 nitrogen and oxygen atoms in total. The molecule has 0 bridgehead atoms. The van der Waals surface area contributed by atoms with Gasteiger partial charge in [0.25, 0.3) is 5.56 Å². The summed E-state index contributed by atoms with van der Waals surface area (Å²) in [7, 11) is 0. The van der Waals surface area contributed by atoms with Gasteiger partial charge in [0.15, 0.2) is 5.78 Å². The molecule has 1 aromatic heterocycles. The molecule has 3 rings (SSSR count). The fraction of sp³-hybridized carbons (Fsp3) is 0.333. The van der Waals surface area contributed by atoms with Gasteiger partial charge < -0.3 is 5.73 Å². The third kappa shape index (κ3) is 2.12. The third-order valence-corrected chi connectivity index (χ3v) is 3.31. The Labute approximate surface area is 127 Å². The number of rotatable bonds is 1. The van der Waals surface area contributed by atoms with Crippen molar-refractivity contribution < 1.29 is 16.4 Å². The number of hydrogen-bond donors (Lipinski definition) is 1. The van der Waals surface area contributed by atoms with Crippen LogP contribution >= 0.6 is 0 Å². The average Bonchev–Trinajstić information content (AvgIpc) is 2.57. The van der Waals surface area contributed by atoms with Crippen LogP contribution in [0.15, 0.2) is 22.9 Å². The van der Waals surface area contributed by atoms with Crippen LogP contribution in [0.5, 0.6) is 0 Å². The summed E-state index contributed by atoms with van der Waals surface area (Å²) < 4.78 is 40.2. The van der Waals surface area contributed by atoms with Gasteiger partial charge in [0, 0.05) is 14.8 Å². The number of carbonyl (C=O) groups is 2. The largest absolute Gasteiger partial charge is 0.398 e. The van der Waals surface area contributed by atoms with Crippen LogP contribution in [0, 0.1) is 6.90 Å². The minimum absolute atomic E-state index is 0.130. The fourth-order valence-electron chi connectivity index (χ4n) is 2.32. The Kier molecular flexibility index (Phi) is 1.99. The minimum Gasteiger partial charge on any atom is -0.398 e. The Morgan fingerprint density at radius 2 is 2.38 bits per heavy atom. The summed E-state index contributed by atoms with van der Waals surface area (Å²) in [6.07, 6.45) is -2.52. The van der Waals surface area contributed by atoms with E-state index in [0.29, 0.717) is 4.57 Å². The minimum atomic E-state index is -2.25. The van der Waals surface area contributed by atoms with Crippen LogP contribution < -0.4 is 11.3 Å². The van der Waals surface area contributed by atoms with Crippen LogP contribution in [0.1, 0.15) is 37.9 Å². The Bertz CT molecular complexity index is 1020. The fourth-order valence-corrected chi connectivity index (χ4v) is 2.32. The third-order valence-electron chi connectivity index (χ3n) is 3.31. The van der Waals surface area contributed by atoms with E-state index in [1.54, 1.807) is 0 Å². The molecule has 0 saturated heterocycles. The van der Waals surface area contributed by atoms with Crippen LogP contribution in [-0.2, 0) is 9.59 Å². The summed E-state index contributed by atoms with van der Waals surface area (Å²) in [5.74, 6) is -1.74. The number of hydrogen-bond acceptors (Lipinski definition) is 5. The molecule has 21 heavy (non-hydrogen) atoms. The maximum atomic E-state index is 13.0. The molecular weight excluding hydrogens is 270 g/mol. The predicted molar refractivity (Wildman–Crippen MR) is 78.1 cm³/mol. The van der Waals surface area contributed by atoms with E-state index < -0.39 is 49.3 Å².